The van der Waals surface area contributed by atoms with E-state index in [4.69, 9.17) is 0 Å². The van der Waals surface area contributed by atoms with Crippen molar-refractivity contribution in [1.29, 1.82) is 0 Å². The molecule has 0 aromatic heterocycles. The molecule has 1 saturated carbocycles. The number of hydrogen-bond acceptors (Lipinski definition) is 3. The first-order valence-electron chi connectivity index (χ1n) is 7.62. The van der Waals surface area contributed by atoms with Crippen molar-refractivity contribution in [3.8, 4) is 0 Å². The largest absolute Gasteiger partial charge is 0.354 e. The Hall–Kier alpha value is -1.88. The van der Waals surface area contributed by atoms with E-state index in [1.807, 2.05) is 18.2 Å². The minimum Gasteiger partial charge on any atom is -0.354 e. The summed E-state index contributed by atoms with van der Waals surface area (Å²) in [6, 6.07) is 5.88. The Morgan fingerprint density at radius 1 is 1.14 bits per heavy atom. The maximum Gasteiger partial charge on any atom is 0.251 e. The van der Waals surface area contributed by atoms with E-state index in [9.17, 15) is 9.59 Å². The van der Waals surface area contributed by atoms with Gasteiger partial charge in [-0.15, -0.1) is 0 Å². The molecule has 3 rings (SSSR count). The van der Waals surface area contributed by atoms with E-state index in [0.717, 1.165) is 32.4 Å². The minimum atomic E-state index is -0.0796. The van der Waals surface area contributed by atoms with Crippen LogP contribution in [0, 0.1) is 5.92 Å². The number of amides is 2. The molecule has 5 nitrogen and oxygen atoms in total. The number of carbonyl (C=O) groups is 2. The van der Waals surface area contributed by atoms with Crippen LogP contribution in [0.25, 0.3) is 0 Å². The van der Waals surface area contributed by atoms with E-state index in [1.165, 1.54) is 11.1 Å². The average molecular weight is 287 g/mol. The fourth-order valence-electron chi connectivity index (χ4n) is 2.58. The second-order valence-corrected chi connectivity index (χ2v) is 5.73. The third-order valence-electron chi connectivity index (χ3n) is 4.01. The van der Waals surface area contributed by atoms with Crippen LogP contribution in [0.1, 0.15) is 34.3 Å². The fraction of sp³-hybridized carbons (Fsp3) is 0.500. The first-order chi connectivity index (χ1) is 10.2. The molecule has 0 unspecified atom stereocenters. The highest BCUT2D eigenvalue weighted by Crippen LogP contribution is 2.28. The van der Waals surface area contributed by atoms with Crippen molar-refractivity contribution in [3.63, 3.8) is 0 Å². The lowest BCUT2D eigenvalue weighted by molar-refractivity contribution is -0.122. The van der Waals surface area contributed by atoms with Gasteiger partial charge in [0.1, 0.15) is 0 Å². The predicted octanol–water partition coefficient (Wildman–Crippen LogP) is 0.588. The van der Waals surface area contributed by atoms with Crippen LogP contribution in [0.4, 0.5) is 0 Å². The number of hydrogen-bond donors (Lipinski definition) is 3. The molecule has 21 heavy (non-hydrogen) atoms. The van der Waals surface area contributed by atoms with Gasteiger partial charge in [-0.3, -0.25) is 9.59 Å². The summed E-state index contributed by atoms with van der Waals surface area (Å²) in [4.78, 5) is 23.5. The van der Waals surface area contributed by atoms with E-state index < -0.39 is 0 Å². The zero-order valence-electron chi connectivity index (χ0n) is 12.1. The van der Waals surface area contributed by atoms with Gasteiger partial charge in [0.15, 0.2) is 0 Å². The van der Waals surface area contributed by atoms with Crippen LogP contribution < -0.4 is 16.0 Å². The van der Waals surface area contributed by atoms with Gasteiger partial charge in [-0.05, 0) is 49.1 Å². The van der Waals surface area contributed by atoms with E-state index in [2.05, 4.69) is 16.0 Å². The molecule has 1 aliphatic carbocycles. The Labute approximate surface area is 124 Å². The zero-order chi connectivity index (χ0) is 14.7. The third kappa shape index (κ3) is 3.61. The number of rotatable bonds is 5. The number of fused-ring (bicyclic) bond motifs is 1. The summed E-state index contributed by atoms with van der Waals surface area (Å²) in [6.07, 6.45) is 3.02. The highest BCUT2D eigenvalue weighted by Gasteiger charge is 2.28. The summed E-state index contributed by atoms with van der Waals surface area (Å²) in [7, 11) is 0. The van der Waals surface area contributed by atoms with Gasteiger partial charge in [0.25, 0.3) is 5.91 Å². The third-order valence-corrected chi connectivity index (χ3v) is 4.01. The van der Waals surface area contributed by atoms with Crippen LogP contribution in [-0.2, 0) is 17.8 Å². The Balaban J connectivity index is 1.47. The summed E-state index contributed by atoms with van der Waals surface area (Å²) < 4.78 is 0. The van der Waals surface area contributed by atoms with Gasteiger partial charge < -0.3 is 16.0 Å². The SMILES string of the molecule is O=C(NCCNC(=O)C1CC1)c1ccc2c(c1)CNCC2. The second kappa shape index (κ2) is 6.26. The summed E-state index contributed by atoms with van der Waals surface area (Å²) in [6.45, 7) is 2.79. The van der Waals surface area contributed by atoms with E-state index in [-0.39, 0.29) is 17.7 Å². The van der Waals surface area contributed by atoms with Crippen LogP contribution in [0.2, 0.25) is 0 Å². The molecular formula is C16H21N3O2. The molecule has 1 aliphatic heterocycles. The Morgan fingerprint density at radius 3 is 2.76 bits per heavy atom. The topological polar surface area (TPSA) is 70.2 Å². The van der Waals surface area contributed by atoms with Crippen LogP contribution in [0.3, 0.4) is 0 Å². The molecule has 1 fully saturated rings. The molecule has 1 aromatic carbocycles. The van der Waals surface area contributed by atoms with Crippen LogP contribution >= 0.6 is 0 Å². The van der Waals surface area contributed by atoms with Crippen molar-refractivity contribution in [2.75, 3.05) is 19.6 Å². The van der Waals surface area contributed by atoms with Crippen LogP contribution in [0.15, 0.2) is 18.2 Å². The smallest absolute Gasteiger partial charge is 0.251 e. The van der Waals surface area contributed by atoms with Gasteiger partial charge in [-0.25, -0.2) is 0 Å². The fourth-order valence-corrected chi connectivity index (χ4v) is 2.58. The van der Waals surface area contributed by atoms with Gasteiger partial charge in [-0.2, -0.15) is 0 Å². The number of carbonyl (C=O) groups excluding carboxylic acids is 2. The van der Waals surface area contributed by atoms with Gasteiger partial charge >= 0.3 is 0 Å². The second-order valence-electron chi connectivity index (χ2n) is 5.73. The van der Waals surface area contributed by atoms with E-state index >= 15 is 0 Å². The monoisotopic (exact) mass is 287 g/mol. The lowest BCUT2D eigenvalue weighted by Crippen LogP contribution is -2.35. The van der Waals surface area contributed by atoms with Crippen molar-refractivity contribution in [2.24, 2.45) is 5.92 Å². The zero-order valence-corrected chi connectivity index (χ0v) is 12.1. The molecule has 0 spiro atoms. The molecule has 0 bridgehead atoms. The van der Waals surface area contributed by atoms with Crippen LogP contribution in [-0.4, -0.2) is 31.4 Å². The lowest BCUT2D eigenvalue weighted by Gasteiger charge is -2.17. The highest BCUT2D eigenvalue weighted by atomic mass is 16.2. The molecule has 2 amide bonds. The molecule has 1 aromatic rings. The Kier molecular flexibility index (Phi) is 4.20. The maximum absolute atomic E-state index is 12.1. The van der Waals surface area contributed by atoms with Crippen molar-refractivity contribution in [2.45, 2.75) is 25.8 Å². The Bertz CT molecular complexity index is 552. The van der Waals surface area contributed by atoms with Gasteiger partial charge in [0.2, 0.25) is 5.91 Å². The molecule has 0 radical (unpaired) electrons. The summed E-state index contributed by atoms with van der Waals surface area (Å²) in [5, 5.41) is 8.99. The summed E-state index contributed by atoms with van der Waals surface area (Å²) in [5.41, 5.74) is 3.21. The maximum atomic E-state index is 12.1. The standard InChI is InChI=1S/C16H21N3O2/c20-15(12-2-3-12)18-7-8-19-16(21)13-4-1-11-5-6-17-10-14(11)9-13/h1,4,9,12,17H,2-3,5-8,10H2,(H,18,20)(H,19,21). The minimum absolute atomic E-state index is 0.0796. The number of benzene rings is 1. The highest BCUT2D eigenvalue weighted by molar-refractivity contribution is 5.94. The molecule has 112 valence electrons. The van der Waals surface area contributed by atoms with Crippen molar-refractivity contribution < 1.29 is 9.59 Å². The molecule has 0 saturated heterocycles. The van der Waals surface area contributed by atoms with Gasteiger partial charge in [0.05, 0.1) is 0 Å². The molecule has 5 heteroatoms. The molecule has 0 atom stereocenters. The first kappa shape index (κ1) is 14.1. The van der Waals surface area contributed by atoms with Crippen molar-refractivity contribution in [1.82, 2.24) is 16.0 Å². The number of nitrogens with one attached hydrogen (secondary N) is 3. The molecule has 1 heterocycles. The van der Waals surface area contributed by atoms with Crippen LogP contribution in [0.5, 0.6) is 0 Å². The predicted molar refractivity (Wildman–Crippen MR) is 79.9 cm³/mol. The summed E-state index contributed by atoms with van der Waals surface area (Å²) >= 11 is 0. The molecular weight excluding hydrogens is 266 g/mol. The lowest BCUT2D eigenvalue weighted by atomic mass is 9.98. The normalized spacial score (nSPS) is 17.0. The van der Waals surface area contributed by atoms with Gasteiger partial charge in [0, 0.05) is 31.1 Å². The molecule has 2 aliphatic rings. The Morgan fingerprint density at radius 2 is 1.95 bits per heavy atom. The summed E-state index contributed by atoms with van der Waals surface area (Å²) in [5.74, 6) is 0.252. The van der Waals surface area contributed by atoms with E-state index in [1.54, 1.807) is 0 Å². The van der Waals surface area contributed by atoms with E-state index in [0.29, 0.717) is 18.7 Å². The van der Waals surface area contributed by atoms with Crippen molar-refractivity contribution >= 4 is 11.8 Å². The quantitative estimate of drug-likeness (QED) is 0.694. The van der Waals surface area contributed by atoms with Crippen molar-refractivity contribution in [3.05, 3.63) is 34.9 Å². The molecule has 3 N–H and O–H groups in total. The average Bonchev–Trinajstić information content (AvgIpc) is 3.35. The first-order valence-corrected chi connectivity index (χ1v) is 7.62. The van der Waals surface area contributed by atoms with Gasteiger partial charge in [-0.1, -0.05) is 6.07 Å².